The quantitative estimate of drug-likeness (QED) is 0.737. The smallest absolute Gasteiger partial charge is 0.0881 e. The van der Waals surface area contributed by atoms with Crippen LogP contribution in [-0.2, 0) is 0 Å². The van der Waals surface area contributed by atoms with E-state index in [1.807, 2.05) is 12.3 Å². The summed E-state index contributed by atoms with van der Waals surface area (Å²) in [6, 6.07) is 14.9. The summed E-state index contributed by atoms with van der Waals surface area (Å²) in [7, 11) is 0. The summed E-state index contributed by atoms with van der Waals surface area (Å²) in [6.07, 6.45) is 1.85. The first-order valence-corrected chi connectivity index (χ1v) is 6.50. The van der Waals surface area contributed by atoms with E-state index in [1.165, 1.54) is 11.1 Å². The van der Waals surface area contributed by atoms with Crippen LogP contribution in [-0.4, -0.2) is 10.2 Å². The van der Waals surface area contributed by atoms with Gasteiger partial charge in [-0.1, -0.05) is 36.4 Å². The van der Waals surface area contributed by atoms with Gasteiger partial charge in [-0.25, -0.2) is 0 Å². The average Bonchev–Trinajstić information content (AvgIpc) is 2.88. The number of benzene rings is 2. The SMILES string of the molecule is Cc1ccccc1C(C)Nc1cccc2cn[nH]c12. The molecule has 0 aliphatic carbocycles. The minimum absolute atomic E-state index is 0.259. The number of nitrogens with zero attached hydrogens (tertiary/aromatic N) is 1. The molecule has 1 unspecified atom stereocenters. The molecule has 3 aromatic rings. The maximum absolute atomic E-state index is 4.09. The zero-order valence-electron chi connectivity index (χ0n) is 11.1. The highest BCUT2D eigenvalue weighted by atomic mass is 15.1. The lowest BCUT2D eigenvalue weighted by molar-refractivity contribution is 0.875. The molecular formula is C16H17N3. The fourth-order valence-electron chi connectivity index (χ4n) is 2.47. The maximum atomic E-state index is 4.09. The standard InChI is InChI=1S/C16H17N3/c1-11-6-3-4-8-14(11)12(2)18-15-9-5-7-13-10-17-19-16(13)15/h3-10,12,18H,1-2H3,(H,17,19). The molecule has 1 heterocycles. The van der Waals surface area contributed by atoms with E-state index in [1.54, 1.807) is 0 Å². The second-order valence-electron chi connectivity index (χ2n) is 4.86. The van der Waals surface area contributed by atoms with E-state index in [9.17, 15) is 0 Å². The molecule has 3 heteroatoms. The van der Waals surface area contributed by atoms with Gasteiger partial charge >= 0.3 is 0 Å². The van der Waals surface area contributed by atoms with E-state index in [4.69, 9.17) is 0 Å². The molecule has 2 N–H and O–H groups in total. The molecule has 2 aromatic carbocycles. The Kier molecular flexibility index (Phi) is 2.95. The van der Waals surface area contributed by atoms with Gasteiger partial charge < -0.3 is 5.32 Å². The Bertz CT molecular complexity index is 700. The van der Waals surface area contributed by atoms with Crippen LogP contribution in [0, 0.1) is 6.92 Å². The summed E-state index contributed by atoms with van der Waals surface area (Å²) >= 11 is 0. The molecule has 1 atom stereocenters. The summed E-state index contributed by atoms with van der Waals surface area (Å²) in [5.74, 6) is 0. The third-order valence-electron chi connectivity index (χ3n) is 3.50. The molecular weight excluding hydrogens is 234 g/mol. The molecule has 0 saturated carbocycles. The highest BCUT2D eigenvalue weighted by Gasteiger charge is 2.10. The van der Waals surface area contributed by atoms with Gasteiger partial charge in [-0.3, -0.25) is 5.10 Å². The summed E-state index contributed by atoms with van der Waals surface area (Å²) in [6.45, 7) is 4.32. The molecule has 0 aliphatic heterocycles. The highest BCUT2D eigenvalue weighted by Crippen LogP contribution is 2.26. The molecule has 19 heavy (non-hydrogen) atoms. The Balaban J connectivity index is 1.93. The first-order valence-electron chi connectivity index (χ1n) is 6.50. The number of nitrogens with one attached hydrogen (secondary N) is 2. The van der Waals surface area contributed by atoms with E-state index < -0.39 is 0 Å². The fraction of sp³-hybridized carbons (Fsp3) is 0.188. The van der Waals surface area contributed by atoms with Crippen molar-refractivity contribution in [3.8, 4) is 0 Å². The Hall–Kier alpha value is -2.29. The first kappa shape index (κ1) is 11.8. The van der Waals surface area contributed by atoms with Gasteiger partial charge in [0, 0.05) is 11.4 Å². The minimum atomic E-state index is 0.259. The summed E-state index contributed by atoms with van der Waals surface area (Å²) in [5, 5.41) is 11.8. The second-order valence-corrected chi connectivity index (χ2v) is 4.86. The average molecular weight is 251 g/mol. The van der Waals surface area contributed by atoms with Gasteiger partial charge in [-0.15, -0.1) is 0 Å². The van der Waals surface area contributed by atoms with Crippen LogP contribution in [0.3, 0.4) is 0 Å². The lowest BCUT2D eigenvalue weighted by Crippen LogP contribution is -2.08. The fourth-order valence-corrected chi connectivity index (χ4v) is 2.47. The number of hydrogen-bond donors (Lipinski definition) is 2. The van der Waals surface area contributed by atoms with Crippen molar-refractivity contribution < 1.29 is 0 Å². The van der Waals surface area contributed by atoms with Crippen molar-refractivity contribution in [3.05, 3.63) is 59.8 Å². The van der Waals surface area contributed by atoms with E-state index in [0.29, 0.717) is 0 Å². The van der Waals surface area contributed by atoms with Crippen molar-refractivity contribution in [1.29, 1.82) is 0 Å². The number of rotatable bonds is 3. The Labute approximate surface area is 112 Å². The number of aryl methyl sites for hydroxylation is 1. The van der Waals surface area contributed by atoms with Crippen LogP contribution in [0.5, 0.6) is 0 Å². The zero-order valence-corrected chi connectivity index (χ0v) is 11.1. The molecule has 0 bridgehead atoms. The monoisotopic (exact) mass is 251 g/mol. The van der Waals surface area contributed by atoms with Gasteiger partial charge in [0.2, 0.25) is 0 Å². The minimum Gasteiger partial charge on any atom is -0.377 e. The van der Waals surface area contributed by atoms with Crippen molar-refractivity contribution in [2.75, 3.05) is 5.32 Å². The van der Waals surface area contributed by atoms with Crippen LogP contribution in [0.25, 0.3) is 10.9 Å². The second kappa shape index (κ2) is 4.76. The molecule has 0 radical (unpaired) electrons. The zero-order chi connectivity index (χ0) is 13.2. The number of hydrogen-bond acceptors (Lipinski definition) is 2. The number of aromatic nitrogens is 2. The number of para-hydroxylation sites is 1. The number of fused-ring (bicyclic) bond motifs is 1. The van der Waals surface area contributed by atoms with Gasteiger partial charge in [0.05, 0.1) is 17.4 Å². The Morgan fingerprint density at radius 2 is 1.95 bits per heavy atom. The van der Waals surface area contributed by atoms with Crippen molar-refractivity contribution >= 4 is 16.6 Å². The molecule has 0 fully saturated rings. The van der Waals surface area contributed by atoms with E-state index in [2.05, 4.69) is 65.8 Å². The van der Waals surface area contributed by atoms with E-state index in [-0.39, 0.29) is 6.04 Å². The van der Waals surface area contributed by atoms with E-state index in [0.717, 1.165) is 16.6 Å². The maximum Gasteiger partial charge on any atom is 0.0881 e. The molecule has 0 aliphatic rings. The topological polar surface area (TPSA) is 40.7 Å². The molecule has 0 amide bonds. The first-order chi connectivity index (χ1) is 9.25. The molecule has 96 valence electrons. The molecule has 1 aromatic heterocycles. The van der Waals surface area contributed by atoms with Crippen LogP contribution in [0.1, 0.15) is 24.1 Å². The highest BCUT2D eigenvalue weighted by molar-refractivity contribution is 5.90. The predicted octanol–water partition coefficient (Wildman–Crippen LogP) is 4.04. The normalized spacial score (nSPS) is 12.5. The van der Waals surface area contributed by atoms with Crippen LogP contribution >= 0.6 is 0 Å². The van der Waals surface area contributed by atoms with Gasteiger partial charge in [0.25, 0.3) is 0 Å². The van der Waals surface area contributed by atoms with Crippen molar-refractivity contribution in [2.45, 2.75) is 19.9 Å². The van der Waals surface area contributed by atoms with Crippen molar-refractivity contribution in [2.24, 2.45) is 0 Å². The number of anilines is 1. The summed E-state index contributed by atoms with van der Waals surface area (Å²) in [5.41, 5.74) is 4.77. The molecule has 3 rings (SSSR count). The Morgan fingerprint density at radius 1 is 1.11 bits per heavy atom. The van der Waals surface area contributed by atoms with Crippen LogP contribution in [0.4, 0.5) is 5.69 Å². The van der Waals surface area contributed by atoms with Gasteiger partial charge in [-0.2, -0.15) is 5.10 Å². The van der Waals surface area contributed by atoms with Crippen LogP contribution in [0.2, 0.25) is 0 Å². The number of H-pyrrole nitrogens is 1. The lowest BCUT2D eigenvalue weighted by atomic mass is 10.0. The van der Waals surface area contributed by atoms with Crippen molar-refractivity contribution in [1.82, 2.24) is 10.2 Å². The summed E-state index contributed by atoms with van der Waals surface area (Å²) < 4.78 is 0. The lowest BCUT2D eigenvalue weighted by Gasteiger charge is -2.18. The van der Waals surface area contributed by atoms with Crippen molar-refractivity contribution in [3.63, 3.8) is 0 Å². The van der Waals surface area contributed by atoms with Crippen LogP contribution in [0.15, 0.2) is 48.7 Å². The predicted molar refractivity (Wildman–Crippen MR) is 79.3 cm³/mol. The van der Waals surface area contributed by atoms with Crippen LogP contribution < -0.4 is 5.32 Å². The summed E-state index contributed by atoms with van der Waals surface area (Å²) in [4.78, 5) is 0. The largest absolute Gasteiger partial charge is 0.377 e. The number of aromatic amines is 1. The van der Waals surface area contributed by atoms with Gasteiger partial charge in [-0.05, 0) is 31.0 Å². The third-order valence-corrected chi connectivity index (χ3v) is 3.50. The van der Waals surface area contributed by atoms with Gasteiger partial charge in [0.15, 0.2) is 0 Å². The Morgan fingerprint density at radius 3 is 2.79 bits per heavy atom. The third kappa shape index (κ3) is 2.19. The molecule has 0 saturated heterocycles. The molecule has 3 nitrogen and oxygen atoms in total. The van der Waals surface area contributed by atoms with E-state index >= 15 is 0 Å². The molecule has 0 spiro atoms. The van der Waals surface area contributed by atoms with Gasteiger partial charge in [0.1, 0.15) is 0 Å².